The number of hydrogen-bond donors (Lipinski definition) is 1. The van der Waals surface area contributed by atoms with Crippen molar-refractivity contribution in [1.82, 2.24) is 14.8 Å². The molecule has 1 unspecified atom stereocenters. The molecule has 1 aromatic heterocycles. The van der Waals surface area contributed by atoms with Crippen LogP contribution in [-0.4, -0.2) is 27.8 Å². The van der Waals surface area contributed by atoms with E-state index in [2.05, 4.69) is 14.9 Å². The quantitative estimate of drug-likeness (QED) is 0.440. The Kier molecular flexibility index (Phi) is 2.14. The van der Waals surface area contributed by atoms with Crippen molar-refractivity contribution in [2.45, 2.75) is 13.0 Å². The molecular formula is C8H9N3O4. The lowest BCUT2D eigenvalue weighted by atomic mass is 10.1. The van der Waals surface area contributed by atoms with Gasteiger partial charge in [-0.05, 0) is 0 Å². The highest BCUT2D eigenvalue weighted by molar-refractivity contribution is 5.72. The van der Waals surface area contributed by atoms with E-state index in [9.17, 15) is 14.4 Å². The standard InChI is InChI=1S/C8H9N3O4/c1-15-8(14)4-2-5-9-10-6(12)7(13)11(5)3-4/h4H,2-3H2,1H3,(H,10,12). The molecule has 0 aromatic carbocycles. The van der Waals surface area contributed by atoms with Crippen molar-refractivity contribution in [3.63, 3.8) is 0 Å². The Hall–Kier alpha value is -1.92. The van der Waals surface area contributed by atoms with Crippen molar-refractivity contribution < 1.29 is 9.53 Å². The summed E-state index contributed by atoms with van der Waals surface area (Å²) < 4.78 is 5.77. The summed E-state index contributed by atoms with van der Waals surface area (Å²) in [5.41, 5.74) is -1.45. The van der Waals surface area contributed by atoms with Crippen LogP contribution in [0.15, 0.2) is 9.59 Å². The molecule has 0 radical (unpaired) electrons. The lowest BCUT2D eigenvalue weighted by Crippen LogP contribution is -2.37. The third-order valence-electron chi connectivity index (χ3n) is 2.40. The topological polar surface area (TPSA) is 94.1 Å². The zero-order valence-corrected chi connectivity index (χ0v) is 8.02. The summed E-state index contributed by atoms with van der Waals surface area (Å²) in [7, 11) is 1.28. The van der Waals surface area contributed by atoms with Crippen LogP contribution in [0.5, 0.6) is 0 Å². The monoisotopic (exact) mass is 211 g/mol. The fourth-order valence-electron chi connectivity index (χ4n) is 1.64. The van der Waals surface area contributed by atoms with E-state index in [1.54, 1.807) is 0 Å². The third kappa shape index (κ3) is 1.45. The van der Waals surface area contributed by atoms with Crippen LogP contribution in [0.25, 0.3) is 0 Å². The Bertz CT molecular complexity index is 515. The number of nitrogens with zero attached hydrogens (tertiary/aromatic N) is 2. The smallest absolute Gasteiger partial charge is 0.330 e. The van der Waals surface area contributed by atoms with Gasteiger partial charge in [-0.25, -0.2) is 5.10 Å². The number of methoxy groups -OCH3 is 1. The molecule has 0 aliphatic carbocycles. The third-order valence-corrected chi connectivity index (χ3v) is 2.40. The van der Waals surface area contributed by atoms with Crippen LogP contribution in [0.2, 0.25) is 0 Å². The number of aromatic amines is 1. The molecule has 0 amide bonds. The van der Waals surface area contributed by atoms with E-state index in [0.717, 1.165) is 0 Å². The minimum atomic E-state index is -0.774. The molecule has 1 aliphatic heterocycles. The predicted molar refractivity (Wildman–Crippen MR) is 48.3 cm³/mol. The summed E-state index contributed by atoms with van der Waals surface area (Å²) in [6, 6.07) is 0. The molecular weight excluding hydrogens is 202 g/mol. The first-order chi connectivity index (χ1) is 7.13. The summed E-state index contributed by atoms with van der Waals surface area (Å²) >= 11 is 0. The number of H-pyrrole nitrogens is 1. The van der Waals surface area contributed by atoms with E-state index >= 15 is 0 Å². The number of rotatable bonds is 1. The molecule has 0 fully saturated rings. The molecule has 0 saturated carbocycles. The van der Waals surface area contributed by atoms with Gasteiger partial charge in [0.25, 0.3) is 0 Å². The zero-order valence-electron chi connectivity index (χ0n) is 8.02. The van der Waals surface area contributed by atoms with Crippen molar-refractivity contribution >= 4 is 5.97 Å². The van der Waals surface area contributed by atoms with Crippen LogP contribution in [0, 0.1) is 5.92 Å². The number of hydrogen-bond acceptors (Lipinski definition) is 5. The minimum absolute atomic E-state index is 0.164. The lowest BCUT2D eigenvalue weighted by Gasteiger charge is -2.03. The van der Waals surface area contributed by atoms with Crippen molar-refractivity contribution in [3.8, 4) is 0 Å². The second-order valence-electron chi connectivity index (χ2n) is 3.31. The van der Waals surface area contributed by atoms with Gasteiger partial charge in [0.05, 0.1) is 13.0 Å². The maximum Gasteiger partial charge on any atom is 0.330 e. The number of nitrogens with one attached hydrogen (secondary N) is 1. The largest absolute Gasteiger partial charge is 0.469 e. The Morgan fingerprint density at radius 3 is 3.00 bits per heavy atom. The molecule has 1 N–H and O–H groups in total. The number of fused-ring (bicyclic) bond motifs is 1. The molecule has 2 heterocycles. The van der Waals surface area contributed by atoms with Crippen LogP contribution in [0.3, 0.4) is 0 Å². The molecule has 0 saturated heterocycles. The van der Waals surface area contributed by atoms with Crippen LogP contribution >= 0.6 is 0 Å². The van der Waals surface area contributed by atoms with Gasteiger partial charge < -0.3 is 4.74 Å². The highest BCUT2D eigenvalue weighted by Crippen LogP contribution is 2.16. The summed E-state index contributed by atoms with van der Waals surface area (Å²) in [5, 5.41) is 5.79. The maximum absolute atomic E-state index is 11.3. The molecule has 0 spiro atoms. The number of carbonyl (C=O) groups excluding carboxylic acids is 1. The van der Waals surface area contributed by atoms with Gasteiger partial charge in [0.1, 0.15) is 5.82 Å². The van der Waals surface area contributed by atoms with Crippen LogP contribution < -0.4 is 11.1 Å². The Balaban J connectivity index is 2.40. The SMILES string of the molecule is COC(=O)C1Cc2n[nH]c(=O)c(=O)n2C1. The van der Waals surface area contributed by atoms with Crippen molar-refractivity contribution in [2.75, 3.05) is 7.11 Å². The molecule has 2 rings (SSSR count). The van der Waals surface area contributed by atoms with Crippen molar-refractivity contribution in [2.24, 2.45) is 5.92 Å². The molecule has 1 atom stereocenters. The van der Waals surface area contributed by atoms with Gasteiger partial charge in [0.15, 0.2) is 0 Å². The van der Waals surface area contributed by atoms with Gasteiger partial charge in [0, 0.05) is 13.0 Å². The van der Waals surface area contributed by atoms with Crippen LogP contribution in [0.4, 0.5) is 0 Å². The van der Waals surface area contributed by atoms with Crippen molar-refractivity contribution in [3.05, 3.63) is 26.5 Å². The normalized spacial score (nSPS) is 18.6. The number of aromatic nitrogens is 3. The first-order valence-electron chi connectivity index (χ1n) is 4.39. The Morgan fingerprint density at radius 1 is 1.60 bits per heavy atom. The minimum Gasteiger partial charge on any atom is -0.469 e. The summed E-state index contributed by atoms with van der Waals surface area (Å²) in [6.45, 7) is 0.164. The van der Waals surface area contributed by atoms with Gasteiger partial charge >= 0.3 is 17.1 Å². The maximum atomic E-state index is 11.3. The van der Waals surface area contributed by atoms with E-state index in [1.165, 1.54) is 11.7 Å². The molecule has 80 valence electrons. The second kappa shape index (κ2) is 3.34. The Labute approximate surface area is 83.7 Å². The van der Waals surface area contributed by atoms with E-state index in [-0.39, 0.29) is 6.54 Å². The number of carbonyl (C=O) groups is 1. The molecule has 7 heteroatoms. The highest BCUT2D eigenvalue weighted by atomic mass is 16.5. The summed E-state index contributed by atoms with van der Waals surface area (Å²) in [6.07, 6.45) is 0.318. The number of ether oxygens (including phenoxy) is 1. The van der Waals surface area contributed by atoms with Gasteiger partial charge in [-0.2, -0.15) is 5.10 Å². The zero-order chi connectivity index (χ0) is 11.0. The van der Waals surface area contributed by atoms with E-state index < -0.39 is 23.0 Å². The van der Waals surface area contributed by atoms with Gasteiger partial charge in [-0.3, -0.25) is 19.0 Å². The van der Waals surface area contributed by atoms with Crippen LogP contribution in [-0.2, 0) is 22.5 Å². The van der Waals surface area contributed by atoms with Gasteiger partial charge in [-0.1, -0.05) is 0 Å². The van der Waals surface area contributed by atoms with E-state index in [0.29, 0.717) is 12.2 Å². The average Bonchev–Trinajstić information content (AvgIpc) is 2.67. The molecule has 0 bridgehead atoms. The summed E-state index contributed by atoms with van der Waals surface area (Å²) in [4.78, 5) is 33.5. The molecule has 1 aliphatic rings. The fourth-order valence-corrected chi connectivity index (χ4v) is 1.64. The van der Waals surface area contributed by atoms with Crippen LogP contribution in [0.1, 0.15) is 5.82 Å². The summed E-state index contributed by atoms with van der Waals surface area (Å²) in [5.74, 6) is -0.409. The molecule has 1 aromatic rings. The number of esters is 1. The van der Waals surface area contributed by atoms with E-state index in [4.69, 9.17) is 0 Å². The predicted octanol–water partition coefficient (Wildman–Crippen LogP) is -1.72. The fraction of sp³-hybridized carbons (Fsp3) is 0.500. The van der Waals surface area contributed by atoms with E-state index in [1.807, 2.05) is 0 Å². The second-order valence-corrected chi connectivity index (χ2v) is 3.31. The molecule has 7 nitrogen and oxygen atoms in total. The van der Waals surface area contributed by atoms with Gasteiger partial charge in [-0.15, -0.1) is 0 Å². The first kappa shape index (κ1) is 9.63. The first-order valence-corrected chi connectivity index (χ1v) is 4.39. The highest BCUT2D eigenvalue weighted by Gasteiger charge is 2.30. The molecule has 15 heavy (non-hydrogen) atoms. The van der Waals surface area contributed by atoms with Crippen molar-refractivity contribution in [1.29, 1.82) is 0 Å². The average molecular weight is 211 g/mol. The Morgan fingerprint density at radius 2 is 2.33 bits per heavy atom. The lowest BCUT2D eigenvalue weighted by molar-refractivity contribution is -0.145. The van der Waals surface area contributed by atoms with Gasteiger partial charge in [0.2, 0.25) is 0 Å².